The molecule has 3 heteroatoms. The number of hydrogen-bond acceptors (Lipinski definition) is 3. The zero-order chi connectivity index (χ0) is 32.1. The Morgan fingerprint density at radius 2 is 1.19 bits per heavy atom. The standard InChI is InChI=1S/C40H56O3/c1-29(17-13-19-31(3)21-22-36-33(5)25-34(41)26-37(36,6)7)15-11-12-16-30(2)18-14-20-32(4)23-24-40-38(8,9)27-35(42)28-39(40,10)43-40/h11-24,34-35,41-42H,25-28H2,1-10H3/b12-11+,17-13+,18-14+,22-21+,24-23?,29-15+,30-16+,31-19+,32-20?. The van der Waals surface area contributed by atoms with Crippen LogP contribution >= 0.6 is 0 Å². The van der Waals surface area contributed by atoms with Crippen molar-refractivity contribution in [3.63, 3.8) is 0 Å². The van der Waals surface area contributed by atoms with Crippen molar-refractivity contribution in [3.05, 3.63) is 119 Å². The molecule has 1 saturated carbocycles. The smallest absolute Gasteiger partial charge is 0.121 e. The van der Waals surface area contributed by atoms with Gasteiger partial charge in [0.15, 0.2) is 0 Å². The van der Waals surface area contributed by atoms with Gasteiger partial charge in [0.05, 0.1) is 12.2 Å². The van der Waals surface area contributed by atoms with Crippen molar-refractivity contribution in [2.75, 3.05) is 0 Å². The molecule has 0 spiro atoms. The van der Waals surface area contributed by atoms with Gasteiger partial charge in [0, 0.05) is 11.8 Å². The van der Waals surface area contributed by atoms with Crippen molar-refractivity contribution < 1.29 is 14.9 Å². The number of aliphatic hydroxyl groups is 2. The first-order chi connectivity index (χ1) is 20.0. The second-order valence-electron chi connectivity index (χ2n) is 14.6. The predicted octanol–water partition coefficient (Wildman–Crippen LogP) is 9.76. The lowest BCUT2D eigenvalue weighted by Crippen LogP contribution is -2.46. The van der Waals surface area contributed by atoms with Gasteiger partial charge >= 0.3 is 0 Å². The third-order valence-corrected chi connectivity index (χ3v) is 9.34. The van der Waals surface area contributed by atoms with E-state index in [0.717, 1.165) is 19.3 Å². The number of allylic oxidation sites excluding steroid dienone is 18. The van der Waals surface area contributed by atoms with Crippen LogP contribution in [0.3, 0.4) is 0 Å². The highest BCUT2D eigenvalue weighted by Gasteiger charge is 2.74. The summed E-state index contributed by atoms with van der Waals surface area (Å²) in [6, 6.07) is 0. The number of epoxide rings is 1. The van der Waals surface area contributed by atoms with Crippen molar-refractivity contribution in [2.24, 2.45) is 10.8 Å². The minimum atomic E-state index is -0.291. The molecule has 4 atom stereocenters. The third-order valence-electron chi connectivity index (χ3n) is 9.34. The first-order valence-corrected chi connectivity index (χ1v) is 15.9. The summed E-state index contributed by atoms with van der Waals surface area (Å²) in [5, 5.41) is 20.4. The van der Waals surface area contributed by atoms with E-state index in [1.165, 1.54) is 33.4 Å². The largest absolute Gasteiger partial charge is 0.393 e. The topological polar surface area (TPSA) is 53.0 Å². The number of hydrogen-bond donors (Lipinski definition) is 2. The summed E-state index contributed by atoms with van der Waals surface area (Å²) in [5.41, 5.74) is 6.71. The molecule has 0 aromatic rings. The minimum absolute atomic E-state index is 0.00262. The second-order valence-corrected chi connectivity index (χ2v) is 14.6. The normalized spacial score (nSPS) is 32.3. The molecule has 2 N–H and O–H groups in total. The van der Waals surface area contributed by atoms with Crippen molar-refractivity contribution >= 4 is 0 Å². The molecule has 1 saturated heterocycles. The van der Waals surface area contributed by atoms with E-state index in [0.29, 0.717) is 6.42 Å². The summed E-state index contributed by atoms with van der Waals surface area (Å²) < 4.78 is 6.25. The van der Waals surface area contributed by atoms with Crippen LogP contribution in [0.5, 0.6) is 0 Å². The number of rotatable bonds is 10. The van der Waals surface area contributed by atoms with E-state index in [9.17, 15) is 10.2 Å². The molecule has 0 radical (unpaired) electrons. The summed E-state index contributed by atoms with van der Waals surface area (Å²) in [7, 11) is 0. The van der Waals surface area contributed by atoms with Crippen LogP contribution in [0, 0.1) is 10.8 Å². The first-order valence-electron chi connectivity index (χ1n) is 15.9. The van der Waals surface area contributed by atoms with Gasteiger partial charge in [-0.2, -0.15) is 0 Å². The summed E-state index contributed by atoms with van der Waals surface area (Å²) >= 11 is 0. The molecule has 3 aliphatic rings. The molecule has 2 fully saturated rings. The molecule has 2 aliphatic carbocycles. The Morgan fingerprint density at radius 1 is 0.674 bits per heavy atom. The lowest BCUT2D eigenvalue weighted by Gasteiger charge is -2.39. The Morgan fingerprint density at radius 3 is 1.72 bits per heavy atom. The van der Waals surface area contributed by atoms with Gasteiger partial charge in [-0.3, -0.25) is 0 Å². The number of ether oxygens (including phenoxy) is 1. The van der Waals surface area contributed by atoms with Crippen LogP contribution in [0.1, 0.15) is 94.9 Å². The summed E-state index contributed by atoms with van der Waals surface area (Å²) in [6.45, 7) is 21.5. The van der Waals surface area contributed by atoms with Crippen molar-refractivity contribution in [1.29, 1.82) is 0 Å². The molecule has 43 heavy (non-hydrogen) atoms. The Hall–Kier alpha value is -2.72. The van der Waals surface area contributed by atoms with Gasteiger partial charge in [-0.05, 0) is 77.9 Å². The van der Waals surface area contributed by atoms with Crippen LogP contribution in [0.25, 0.3) is 0 Å². The van der Waals surface area contributed by atoms with Crippen LogP contribution in [0.4, 0.5) is 0 Å². The molecule has 1 aliphatic heterocycles. The minimum Gasteiger partial charge on any atom is -0.393 e. The zero-order valence-corrected chi connectivity index (χ0v) is 28.4. The first kappa shape index (κ1) is 34.8. The molecule has 3 rings (SSSR count). The van der Waals surface area contributed by atoms with Crippen molar-refractivity contribution in [2.45, 2.75) is 118 Å². The lowest BCUT2D eigenvalue weighted by atomic mass is 9.63. The van der Waals surface area contributed by atoms with E-state index in [1.54, 1.807) is 0 Å². The van der Waals surface area contributed by atoms with Crippen molar-refractivity contribution in [3.8, 4) is 0 Å². The van der Waals surface area contributed by atoms with E-state index in [1.807, 2.05) is 0 Å². The average molecular weight is 585 g/mol. The highest BCUT2D eigenvalue weighted by Crippen LogP contribution is 2.66. The summed E-state index contributed by atoms with van der Waals surface area (Å²) in [5.74, 6) is 0. The lowest BCUT2D eigenvalue weighted by molar-refractivity contribution is 0.0515. The molecule has 0 bridgehead atoms. The highest BCUT2D eigenvalue weighted by molar-refractivity contribution is 5.39. The molecular formula is C40H56O3. The fourth-order valence-electron chi connectivity index (χ4n) is 7.06. The maximum Gasteiger partial charge on any atom is 0.121 e. The highest BCUT2D eigenvalue weighted by atomic mass is 16.6. The van der Waals surface area contributed by atoms with Gasteiger partial charge in [0.2, 0.25) is 0 Å². The fraction of sp³-hybridized carbons (Fsp3) is 0.500. The van der Waals surface area contributed by atoms with E-state index in [2.05, 4.69) is 154 Å². The quantitative estimate of drug-likeness (QED) is 0.198. The van der Waals surface area contributed by atoms with Gasteiger partial charge in [0.25, 0.3) is 0 Å². The molecule has 3 nitrogen and oxygen atoms in total. The number of fused-ring (bicyclic) bond motifs is 1. The second kappa shape index (κ2) is 13.9. The molecule has 0 aromatic carbocycles. The Kier molecular flexibility index (Phi) is 11.3. The Labute approximate surface area is 262 Å². The zero-order valence-electron chi connectivity index (χ0n) is 28.4. The molecule has 1 heterocycles. The maximum atomic E-state index is 10.2. The summed E-state index contributed by atoms with van der Waals surface area (Å²) in [6.07, 6.45) is 32.3. The average Bonchev–Trinajstić information content (AvgIpc) is 3.49. The van der Waals surface area contributed by atoms with E-state index < -0.39 is 0 Å². The van der Waals surface area contributed by atoms with Gasteiger partial charge in [-0.15, -0.1) is 0 Å². The van der Waals surface area contributed by atoms with Gasteiger partial charge in [0.1, 0.15) is 11.2 Å². The molecule has 234 valence electrons. The monoisotopic (exact) mass is 584 g/mol. The third kappa shape index (κ3) is 8.91. The van der Waals surface area contributed by atoms with E-state index >= 15 is 0 Å². The Balaban J connectivity index is 1.50. The van der Waals surface area contributed by atoms with Crippen LogP contribution in [0.15, 0.2) is 119 Å². The van der Waals surface area contributed by atoms with Crippen LogP contribution in [-0.2, 0) is 4.74 Å². The molecule has 0 amide bonds. The molecular weight excluding hydrogens is 528 g/mol. The van der Waals surface area contributed by atoms with Gasteiger partial charge in [-0.25, -0.2) is 0 Å². The number of aliphatic hydroxyl groups excluding tert-OH is 2. The maximum absolute atomic E-state index is 10.2. The molecule has 0 aromatic heterocycles. The van der Waals surface area contributed by atoms with Gasteiger partial charge < -0.3 is 14.9 Å². The van der Waals surface area contributed by atoms with Crippen LogP contribution in [0.2, 0.25) is 0 Å². The molecule has 4 unspecified atom stereocenters. The summed E-state index contributed by atoms with van der Waals surface area (Å²) in [4.78, 5) is 0. The Bertz CT molecular complexity index is 1330. The SMILES string of the molecule is CC(C=CC12OC1(C)CC(O)CC2(C)C)=C/C=C/C(C)=C/C=C/C=C(C)/C=C/C=C(C)/C=C/C1=C(C)CC(O)CC1(C)C. The van der Waals surface area contributed by atoms with Crippen LogP contribution in [-0.4, -0.2) is 33.6 Å². The van der Waals surface area contributed by atoms with E-state index in [4.69, 9.17) is 4.74 Å². The fourth-order valence-corrected chi connectivity index (χ4v) is 7.06. The van der Waals surface area contributed by atoms with Crippen LogP contribution < -0.4 is 0 Å². The van der Waals surface area contributed by atoms with Gasteiger partial charge in [-0.1, -0.05) is 135 Å². The predicted molar refractivity (Wildman–Crippen MR) is 184 cm³/mol. The van der Waals surface area contributed by atoms with E-state index in [-0.39, 0.29) is 34.2 Å². The van der Waals surface area contributed by atoms with Crippen molar-refractivity contribution in [1.82, 2.24) is 0 Å².